The SMILES string of the molecule is O=C(CC(c1ccc(Cl)cc1)c1c[nH]c2ccccc12)NCc1ccncc1. The first-order valence-electron chi connectivity index (χ1n) is 9.18. The molecule has 1 unspecified atom stereocenters. The number of para-hydroxylation sites is 1. The maximum Gasteiger partial charge on any atom is 0.221 e. The summed E-state index contributed by atoms with van der Waals surface area (Å²) in [6.07, 6.45) is 5.81. The molecule has 1 atom stereocenters. The normalized spacial score (nSPS) is 12.0. The summed E-state index contributed by atoms with van der Waals surface area (Å²) < 4.78 is 0. The molecule has 1 amide bonds. The minimum Gasteiger partial charge on any atom is -0.361 e. The minimum absolute atomic E-state index is 0.00189. The van der Waals surface area contributed by atoms with Gasteiger partial charge in [0, 0.05) is 53.4 Å². The van der Waals surface area contributed by atoms with Crippen LogP contribution in [0.4, 0.5) is 0 Å². The highest BCUT2D eigenvalue weighted by molar-refractivity contribution is 6.30. The van der Waals surface area contributed by atoms with Gasteiger partial charge in [0.1, 0.15) is 0 Å². The molecule has 4 aromatic rings. The predicted octanol–water partition coefficient (Wildman–Crippen LogP) is 5.05. The summed E-state index contributed by atoms with van der Waals surface area (Å²) in [6.45, 7) is 0.489. The van der Waals surface area contributed by atoms with Crippen molar-refractivity contribution in [2.24, 2.45) is 0 Å². The number of nitrogens with one attached hydrogen (secondary N) is 2. The number of benzene rings is 2. The summed E-state index contributed by atoms with van der Waals surface area (Å²) >= 11 is 6.07. The maximum atomic E-state index is 12.7. The van der Waals surface area contributed by atoms with Gasteiger partial charge in [-0.05, 0) is 47.0 Å². The average Bonchev–Trinajstić information content (AvgIpc) is 3.16. The summed E-state index contributed by atoms with van der Waals surface area (Å²) in [5.74, 6) is -0.0621. The molecule has 0 aliphatic rings. The van der Waals surface area contributed by atoms with E-state index in [-0.39, 0.29) is 11.8 Å². The summed E-state index contributed by atoms with van der Waals surface area (Å²) in [5.41, 5.74) is 4.26. The number of carbonyl (C=O) groups is 1. The smallest absolute Gasteiger partial charge is 0.221 e. The van der Waals surface area contributed by atoms with E-state index in [0.29, 0.717) is 18.0 Å². The van der Waals surface area contributed by atoms with Gasteiger partial charge in [-0.3, -0.25) is 9.78 Å². The van der Waals surface area contributed by atoms with Crippen molar-refractivity contribution < 1.29 is 4.79 Å². The molecular formula is C23H20ClN3O. The van der Waals surface area contributed by atoms with Gasteiger partial charge in [0.15, 0.2) is 0 Å². The van der Waals surface area contributed by atoms with Crippen molar-refractivity contribution >= 4 is 28.4 Å². The van der Waals surface area contributed by atoms with Crippen LogP contribution in [0.1, 0.15) is 29.0 Å². The summed E-state index contributed by atoms with van der Waals surface area (Å²) in [4.78, 5) is 20.1. The van der Waals surface area contributed by atoms with Gasteiger partial charge >= 0.3 is 0 Å². The molecular weight excluding hydrogens is 370 g/mol. The first-order chi connectivity index (χ1) is 13.7. The first kappa shape index (κ1) is 18.3. The highest BCUT2D eigenvalue weighted by Crippen LogP contribution is 2.33. The van der Waals surface area contributed by atoms with Gasteiger partial charge in [-0.2, -0.15) is 0 Å². The predicted molar refractivity (Wildman–Crippen MR) is 112 cm³/mol. The number of fused-ring (bicyclic) bond motifs is 1. The van der Waals surface area contributed by atoms with Gasteiger partial charge in [0.05, 0.1) is 0 Å². The van der Waals surface area contributed by atoms with E-state index in [2.05, 4.69) is 21.4 Å². The third-order valence-corrected chi connectivity index (χ3v) is 5.15. The fourth-order valence-electron chi connectivity index (χ4n) is 3.44. The van der Waals surface area contributed by atoms with Crippen LogP contribution < -0.4 is 5.32 Å². The van der Waals surface area contributed by atoms with Crippen LogP contribution in [0.3, 0.4) is 0 Å². The summed E-state index contributed by atoms with van der Waals surface area (Å²) in [5, 5.41) is 4.83. The molecule has 2 aromatic carbocycles. The molecule has 0 radical (unpaired) electrons. The third-order valence-electron chi connectivity index (χ3n) is 4.90. The molecule has 0 aliphatic carbocycles. The van der Waals surface area contributed by atoms with E-state index in [1.165, 1.54) is 0 Å². The number of H-pyrrole nitrogens is 1. The zero-order chi connectivity index (χ0) is 19.3. The van der Waals surface area contributed by atoms with Crippen molar-refractivity contribution in [2.45, 2.75) is 18.9 Å². The number of aromatic nitrogens is 2. The Balaban J connectivity index is 1.60. The van der Waals surface area contributed by atoms with Crippen molar-refractivity contribution in [1.82, 2.24) is 15.3 Å². The number of carbonyl (C=O) groups excluding carboxylic acids is 1. The highest BCUT2D eigenvalue weighted by atomic mass is 35.5. The maximum absolute atomic E-state index is 12.7. The quantitative estimate of drug-likeness (QED) is 0.484. The fraction of sp³-hybridized carbons (Fsp3) is 0.130. The van der Waals surface area contributed by atoms with Crippen LogP contribution in [0.15, 0.2) is 79.3 Å². The first-order valence-corrected chi connectivity index (χ1v) is 9.55. The summed E-state index contributed by atoms with van der Waals surface area (Å²) in [7, 11) is 0. The van der Waals surface area contributed by atoms with Crippen LogP contribution in [-0.4, -0.2) is 15.9 Å². The van der Waals surface area contributed by atoms with Crippen LogP contribution >= 0.6 is 11.6 Å². The highest BCUT2D eigenvalue weighted by Gasteiger charge is 2.21. The lowest BCUT2D eigenvalue weighted by atomic mass is 9.88. The number of halogens is 1. The Kier molecular flexibility index (Phi) is 5.40. The molecule has 140 valence electrons. The van der Waals surface area contributed by atoms with Crippen molar-refractivity contribution in [3.05, 3.63) is 101 Å². The average molecular weight is 390 g/mol. The molecule has 0 saturated heterocycles. The van der Waals surface area contributed by atoms with Crippen LogP contribution in [0.5, 0.6) is 0 Å². The van der Waals surface area contributed by atoms with Gasteiger partial charge in [-0.15, -0.1) is 0 Å². The van der Waals surface area contributed by atoms with Crippen molar-refractivity contribution in [2.75, 3.05) is 0 Å². The molecule has 28 heavy (non-hydrogen) atoms. The van der Waals surface area contributed by atoms with Crippen molar-refractivity contribution in [3.8, 4) is 0 Å². The second-order valence-electron chi connectivity index (χ2n) is 6.73. The minimum atomic E-state index is -0.0640. The molecule has 2 heterocycles. The van der Waals surface area contributed by atoms with Gasteiger partial charge < -0.3 is 10.3 Å². The molecule has 4 rings (SSSR count). The number of amides is 1. The Labute approximate surface area is 168 Å². The lowest BCUT2D eigenvalue weighted by Crippen LogP contribution is -2.25. The van der Waals surface area contributed by atoms with E-state index >= 15 is 0 Å². The lowest BCUT2D eigenvalue weighted by molar-refractivity contribution is -0.121. The van der Waals surface area contributed by atoms with Crippen LogP contribution in [0.2, 0.25) is 5.02 Å². The molecule has 0 bridgehead atoms. The number of rotatable bonds is 6. The number of aromatic amines is 1. The molecule has 2 N–H and O–H groups in total. The molecule has 2 aromatic heterocycles. The Morgan fingerprint density at radius 3 is 2.57 bits per heavy atom. The largest absolute Gasteiger partial charge is 0.361 e. The molecule has 4 nitrogen and oxygen atoms in total. The molecule has 5 heteroatoms. The van der Waals surface area contributed by atoms with Crippen molar-refractivity contribution in [3.63, 3.8) is 0 Å². The van der Waals surface area contributed by atoms with E-state index in [1.54, 1.807) is 12.4 Å². The number of nitrogens with zero attached hydrogens (tertiary/aromatic N) is 1. The lowest BCUT2D eigenvalue weighted by Gasteiger charge is -2.17. The van der Waals surface area contributed by atoms with Crippen LogP contribution in [0, 0.1) is 0 Å². The topological polar surface area (TPSA) is 57.8 Å². The van der Waals surface area contributed by atoms with E-state index < -0.39 is 0 Å². The van der Waals surface area contributed by atoms with E-state index in [0.717, 1.165) is 27.6 Å². The zero-order valence-corrected chi connectivity index (χ0v) is 16.0. The standard InChI is InChI=1S/C23H20ClN3O/c24-18-7-5-17(6-8-18)20(21-15-26-22-4-2-1-3-19(21)22)13-23(28)27-14-16-9-11-25-12-10-16/h1-12,15,20,26H,13-14H2,(H,27,28). The Hall–Kier alpha value is -3.11. The van der Waals surface area contributed by atoms with Gasteiger partial charge in [0.25, 0.3) is 0 Å². The number of pyridine rings is 1. The Morgan fingerprint density at radius 2 is 1.79 bits per heavy atom. The van der Waals surface area contributed by atoms with E-state index in [4.69, 9.17) is 11.6 Å². The van der Waals surface area contributed by atoms with Crippen molar-refractivity contribution in [1.29, 1.82) is 0 Å². The van der Waals surface area contributed by atoms with Crippen LogP contribution in [0.25, 0.3) is 10.9 Å². The van der Waals surface area contributed by atoms with Gasteiger partial charge in [-0.1, -0.05) is 41.9 Å². The van der Waals surface area contributed by atoms with Gasteiger partial charge in [-0.25, -0.2) is 0 Å². The molecule has 0 aliphatic heterocycles. The fourth-order valence-corrected chi connectivity index (χ4v) is 3.57. The second-order valence-corrected chi connectivity index (χ2v) is 7.17. The van der Waals surface area contributed by atoms with Gasteiger partial charge in [0.2, 0.25) is 5.91 Å². The monoisotopic (exact) mass is 389 g/mol. The molecule has 0 fully saturated rings. The second kappa shape index (κ2) is 8.28. The van der Waals surface area contributed by atoms with Crippen LogP contribution in [-0.2, 0) is 11.3 Å². The van der Waals surface area contributed by atoms with E-state index in [9.17, 15) is 4.79 Å². The number of hydrogen-bond acceptors (Lipinski definition) is 2. The zero-order valence-electron chi connectivity index (χ0n) is 15.2. The molecule has 0 saturated carbocycles. The number of hydrogen-bond donors (Lipinski definition) is 2. The Morgan fingerprint density at radius 1 is 1.04 bits per heavy atom. The third kappa shape index (κ3) is 4.07. The molecule has 0 spiro atoms. The summed E-state index contributed by atoms with van der Waals surface area (Å²) in [6, 6.07) is 19.7. The Bertz CT molecular complexity index is 1070. The van der Waals surface area contributed by atoms with E-state index in [1.807, 2.05) is 60.8 Å².